The van der Waals surface area contributed by atoms with Gasteiger partial charge in [0.1, 0.15) is 12.4 Å². The van der Waals surface area contributed by atoms with Crippen molar-refractivity contribution in [3.63, 3.8) is 0 Å². The third kappa shape index (κ3) is 6.37. The Morgan fingerprint density at radius 2 is 1.61 bits per heavy atom. The quantitative estimate of drug-likeness (QED) is 0.572. The van der Waals surface area contributed by atoms with Crippen LogP contribution in [0.5, 0.6) is 5.75 Å². The summed E-state index contributed by atoms with van der Waals surface area (Å²) in [6.07, 6.45) is 7.78. The van der Waals surface area contributed by atoms with Crippen LogP contribution in [0.25, 0.3) is 0 Å². The fraction of sp³-hybridized carbons (Fsp3) is 0.500. The van der Waals surface area contributed by atoms with Gasteiger partial charge in [0.05, 0.1) is 0 Å². The van der Waals surface area contributed by atoms with Crippen LogP contribution in [-0.2, 0) is 16.2 Å². The summed E-state index contributed by atoms with van der Waals surface area (Å²) in [6, 6.07) is 14.3. The SMILES string of the molecule is Cc1cccc(COc2ccc(NC(=O)C3CCC(NC(=O)C4CCCC4)CC3)c(C)c2)c1. The van der Waals surface area contributed by atoms with Crippen LogP contribution in [0.3, 0.4) is 0 Å². The van der Waals surface area contributed by atoms with Crippen molar-refractivity contribution >= 4 is 17.5 Å². The van der Waals surface area contributed by atoms with E-state index in [0.717, 1.165) is 61.1 Å². The third-order valence-corrected chi connectivity index (χ3v) is 7.11. The van der Waals surface area contributed by atoms with Crippen LogP contribution in [0, 0.1) is 25.7 Å². The topological polar surface area (TPSA) is 67.4 Å². The van der Waals surface area contributed by atoms with Gasteiger partial charge in [-0.05, 0) is 81.7 Å². The molecule has 2 fully saturated rings. The Bertz CT molecular complexity index is 973. The molecule has 0 saturated heterocycles. The molecule has 4 rings (SSSR count). The van der Waals surface area contributed by atoms with Gasteiger partial charge in [0.25, 0.3) is 0 Å². The van der Waals surface area contributed by atoms with Crippen LogP contribution in [0.1, 0.15) is 68.1 Å². The number of amides is 2. The van der Waals surface area contributed by atoms with Gasteiger partial charge in [0.15, 0.2) is 0 Å². The summed E-state index contributed by atoms with van der Waals surface area (Å²) in [5, 5.41) is 6.33. The Morgan fingerprint density at radius 1 is 0.879 bits per heavy atom. The van der Waals surface area contributed by atoms with Gasteiger partial charge >= 0.3 is 0 Å². The molecular weight excluding hydrogens is 412 g/mol. The molecule has 2 N–H and O–H groups in total. The molecule has 0 aromatic heterocycles. The van der Waals surface area contributed by atoms with E-state index >= 15 is 0 Å². The number of benzene rings is 2. The Morgan fingerprint density at radius 3 is 2.30 bits per heavy atom. The van der Waals surface area contributed by atoms with E-state index in [0.29, 0.717) is 6.61 Å². The molecule has 2 aliphatic carbocycles. The molecular formula is C28H36N2O3. The largest absolute Gasteiger partial charge is 0.489 e. The molecule has 5 heteroatoms. The Balaban J connectivity index is 1.24. The first-order chi connectivity index (χ1) is 16.0. The first kappa shape index (κ1) is 23.3. The number of hydrogen-bond donors (Lipinski definition) is 2. The van der Waals surface area contributed by atoms with Crippen molar-refractivity contribution in [2.75, 3.05) is 5.32 Å². The number of aryl methyl sites for hydroxylation is 2. The third-order valence-electron chi connectivity index (χ3n) is 7.11. The first-order valence-electron chi connectivity index (χ1n) is 12.4. The van der Waals surface area contributed by atoms with Gasteiger partial charge in [0.2, 0.25) is 11.8 Å². The molecule has 0 unspecified atom stereocenters. The van der Waals surface area contributed by atoms with Crippen LogP contribution in [0.4, 0.5) is 5.69 Å². The fourth-order valence-electron chi connectivity index (χ4n) is 5.08. The van der Waals surface area contributed by atoms with Crippen molar-refractivity contribution < 1.29 is 14.3 Å². The summed E-state index contributed by atoms with van der Waals surface area (Å²) in [5.74, 6) is 1.30. The van der Waals surface area contributed by atoms with E-state index in [2.05, 4.69) is 35.8 Å². The summed E-state index contributed by atoms with van der Waals surface area (Å²) in [7, 11) is 0. The maximum absolute atomic E-state index is 12.9. The van der Waals surface area contributed by atoms with Gasteiger partial charge in [-0.15, -0.1) is 0 Å². The molecule has 2 saturated carbocycles. The monoisotopic (exact) mass is 448 g/mol. The number of anilines is 1. The zero-order valence-corrected chi connectivity index (χ0v) is 19.9. The predicted molar refractivity (Wildman–Crippen MR) is 131 cm³/mol. The number of carbonyl (C=O) groups excluding carboxylic acids is 2. The maximum Gasteiger partial charge on any atom is 0.227 e. The molecule has 5 nitrogen and oxygen atoms in total. The number of carbonyl (C=O) groups is 2. The highest BCUT2D eigenvalue weighted by Gasteiger charge is 2.29. The number of ether oxygens (including phenoxy) is 1. The molecule has 2 aromatic rings. The first-order valence-corrected chi connectivity index (χ1v) is 12.4. The van der Waals surface area contributed by atoms with Crippen LogP contribution in [0.15, 0.2) is 42.5 Å². The highest BCUT2D eigenvalue weighted by molar-refractivity contribution is 5.93. The molecule has 0 atom stereocenters. The minimum Gasteiger partial charge on any atom is -0.489 e. The molecule has 0 heterocycles. The average Bonchev–Trinajstić information content (AvgIpc) is 3.35. The predicted octanol–water partition coefficient (Wildman–Crippen LogP) is 5.69. The Kier molecular flexibility index (Phi) is 7.69. The molecule has 0 spiro atoms. The lowest BCUT2D eigenvalue weighted by molar-refractivity contribution is -0.125. The summed E-state index contributed by atoms with van der Waals surface area (Å²) >= 11 is 0. The van der Waals surface area contributed by atoms with Gasteiger partial charge < -0.3 is 15.4 Å². The molecule has 2 aromatic carbocycles. The van der Waals surface area contributed by atoms with Crippen molar-refractivity contribution in [2.24, 2.45) is 11.8 Å². The second-order valence-corrected chi connectivity index (χ2v) is 9.78. The van der Waals surface area contributed by atoms with E-state index in [1.165, 1.54) is 18.4 Å². The molecule has 0 radical (unpaired) electrons. The molecule has 0 aliphatic heterocycles. The van der Waals surface area contributed by atoms with Crippen molar-refractivity contribution in [1.82, 2.24) is 5.32 Å². The summed E-state index contributed by atoms with van der Waals surface area (Å²) < 4.78 is 5.94. The zero-order valence-electron chi connectivity index (χ0n) is 19.9. The van der Waals surface area contributed by atoms with E-state index in [4.69, 9.17) is 4.74 Å². The highest BCUT2D eigenvalue weighted by Crippen LogP contribution is 2.29. The minimum atomic E-state index is 0.00118. The summed E-state index contributed by atoms with van der Waals surface area (Å²) in [4.78, 5) is 25.2. The van der Waals surface area contributed by atoms with Crippen LogP contribution in [-0.4, -0.2) is 17.9 Å². The van der Waals surface area contributed by atoms with Crippen LogP contribution >= 0.6 is 0 Å². The highest BCUT2D eigenvalue weighted by atomic mass is 16.5. The second-order valence-electron chi connectivity index (χ2n) is 9.78. The smallest absolute Gasteiger partial charge is 0.227 e. The van der Waals surface area contributed by atoms with Gasteiger partial charge in [0, 0.05) is 23.6 Å². The lowest BCUT2D eigenvalue weighted by Crippen LogP contribution is -2.41. The minimum absolute atomic E-state index is 0.00118. The Labute approximate surface area is 197 Å². The van der Waals surface area contributed by atoms with E-state index in [1.807, 2.05) is 31.2 Å². The number of rotatable bonds is 7. The maximum atomic E-state index is 12.9. The van der Waals surface area contributed by atoms with Crippen molar-refractivity contribution in [1.29, 1.82) is 0 Å². The van der Waals surface area contributed by atoms with E-state index < -0.39 is 0 Å². The van der Waals surface area contributed by atoms with Crippen molar-refractivity contribution in [3.05, 3.63) is 59.2 Å². The van der Waals surface area contributed by atoms with Gasteiger partial charge in [-0.2, -0.15) is 0 Å². The fourth-order valence-corrected chi connectivity index (χ4v) is 5.08. The summed E-state index contributed by atoms with van der Waals surface area (Å²) in [5.41, 5.74) is 4.18. The molecule has 2 aliphatic rings. The van der Waals surface area contributed by atoms with E-state index in [1.54, 1.807) is 0 Å². The average molecular weight is 449 g/mol. The van der Waals surface area contributed by atoms with E-state index in [9.17, 15) is 9.59 Å². The molecule has 0 bridgehead atoms. The number of hydrogen-bond acceptors (Lipinski definition) is 3. The zero-order chi connectivity index (χ0) is 23.2. The van der Waals surface area contributed by atoms with Crippen molar-refractivity contribution in [3.8, 4) is 5.75 Å². The lowest BCUT2D eigenvalue weighted by Gasteiger charge is -2.29. The second kappa shape index (κ2) is 10.9. The lowest BCUT2D eigenvalue weighted by atomic mass is 9.85. The Hall–Kier alpha value is -2.82. The molecule has 33 heavy (non-hydrogen) atoms. The van der Waals surface area contributed by atoms with Crippen LogP contribution < -0.4 is 15.4 Å². The normalized spacial score (nSPS) is 20.9. The molecule has 176 valence electrons. The van der Waals surface area contributed by atoms with Gasteiger partial charge in [-0.3, -0.25) is 9.59 Å². The van der Waals surface area contributed by atoms with Crippen molar-refractivity contribution in [2.45, 2.75) is 77.9 Å². The number of nitrogens with one attached hydrogen (secondary N) is 2. The molecule has 2 amide bonds. The van der Waals surface area contributed by atoms with Crippen LogP contribution in [0.2, 0.25) is 0 Å². The summed E-state index contributed by atoms with van der Waals surface area (Å²) in [6.45, 7) is 4.59. The van der Waals surface area contributed by atoms with E-state index in [-0.39, 0.29) is 29.7 Å². The standard InChI is InChI=1S/C28H36N2O3/c1-19-6-5-7-21(16-19)18-33-25-14-15-26(20(2)17-25)30-28(32)23-10-12-24(13-11-23)29-27(31)22-8-3-4-9-22/h5-7,14-17,22-24H,3-4,8-13,18H2,1-2H3,(H,29,31)(H,30,32). The van der Waals surface area contributed by atoms with Gasteiger partial charge in [-0.1, -0.05) is 42.7 Å². The van der Waals surface area contributed by atoms with Gasteiger partial charge in [-0.25, -0.2) is 0 Å².